The van der Waals surface area contributed by atoms with E-state index in [1.165, 1.54) is 4.68 Å². The molecule has 0 spiro atoms. The van der Waals surface area contributed by atoms with E-state index in [9.17, 15) is 24.6 Å². The Morgan fingerprint density at radius 2 is 2.00 bits per heavy atom. The summed E-state index contributed by atoms with van der Waals surface area (Å²) in [5, 5.41) is 23.4. The van der Waals surface area contributed by atoms with Gasteiger partial charge in [0.25, 0.3) is 11.5 Å². The molecule has 2 aliphatic heterocycles. The van der Waals surface area contributed by atoms with Crippen molar-refractivity contribution in [2.75, 3.05) is 0 Å². The Balaban J connectivity index is 1.60. The summed E-state index contributed by atoms with van der Waals surface area (Å²) < 4.78 is 3.00. The van der Waals surface area contributed by atoms with E-state index in [0.717, 1.165) is 25.7 Å². The summed E-state index contributed by atoms with van der Waals surface area (Å²) in [7, 11) is 0. The summed E-state index contributed by atoms with van der Waals surface area (Å²) >= 11 is 0. The number of carboxylic acid groups (broad SMARTS) is 1. The topological polar surface area (TPSA) is 116 Å². The SMILES string of the molecule is CCCCC1CC2CC(NC(=O)c3c(O)c4cccn4n(C(C)C)c3=O)CC1N2C(=O)O. The third-order valence-electron chi connectivity index (χ3n) is 7.01. The molecule has 4 unspecified atom stereocenters. The van der Waals surface area contributed by atoms with Crippen molar-refractivity contribution in [3.8, 4) is 5.75 Å². The van der Waals surface area contributed by atoms with Crippen molar-refractivity contribution >= 4 is 17.5 Å². The second kappa shape index (κ2) is 8.52. The molecule has 32 heavy (non-hydrogen) atoms. The molecular formula is C23H32N4O5. The second-order valence-electron chi connectivity index (χ2n) is 9.40. The molecule has 3 N–H and O–H groups in total. The first kappa shape index (κ1) is 22.2. The number of carbonyl (C=O) groups is 2. The zero-order valence-electron chi connectivity index (χ0n) is 18.8. The molecule has 2 aliphatic rings. The molecule has 2 aromatic heterocycles. The van der Waals surface area contributed by atoms with Crippen LogP contribution in [-0.2, 0) is 0 Å². The number of aromatic hydroxyl groups is 1. The van der Waals surface area contributed by atoms with Crippen LogP contribution in [0, 0.1) is 5.92 Å². The van der Waals surface area contributed by atoms with Crippen molar-refractivity contribution in [2.45, 2.75) is 83.5 Å². The lowest BCUT2D eigenvalue weighted by Crippen LogP contribution is -2.53. The normalized spacial score (nSPS) is 24.9. The molecule has 9 nitrogen and oxygen atoms in total. The molecule has 174 valence electrons. The highest BCUT2D eigenvalue weighted by Gasteiger charge is 2.49. The van der Waals surface area contributed by atoms with Gasteiger partial charge in [-0.05, 0) is 57.6 Å². The summed E-state index contributed by atoms with van der Waals surface area (Å²) in [6.45, 7) is 5.81. The van der Waals surface area contributed by atoms with Gasteiger partial charge in [0.05, 0.1) is 0 Å². The Labute approximate surface area is 186 Å². The van der Waals surface area contributed by atoms with Crippen LogP contribution >= 0.6 is 0 Å². The van der Waals surface area contributed by atoms with Crippen LogP contribution in [0.15, 0.2) is 23.1 Å². The quantitative estimate of drug-likeness (QED) is 0.633. The number of unbranched alkanes of at least 4 members (excludes halogenated alkanes) is 1. The van der Waals surface area contributed by atoms with E-state index in [4.69, 9.17) is 0 Å². The monoisotopic (exact) mass is 444 g/mol. The van der Waals surface area contributed by atoms with Crippen molar-refractivity contribution in [3.05, 3.63) is 34.2 Å². The Bertz CT molecular complexity index is 1090. The van der Waals surface area contributed by atoms with Crippen LogP contribution < -0.4 is 10.9 Å². The van der Waals surface area contributed by atoms with Gasteiger partial charge in [0.2, 0.25) is 0 Å². The minimum atomic E-state index is -0.903. The zero-order valence-corrected chi connectivity index (χ0v) is 18.8. The van der Waals surface area contributed by atoms with E-state index in [2.05, 4.69) is 12.2 Å². The fraction of sp³-hybridized carbons (Fsp3) is 0.609. The molecule has 0 aromatic carbocycles. The van der Waals surface area contributed by atoms with Gasteiger partial charge < -0.3 is 20.4 Å². The van der Waals surface area contributed by atoms with Gasteiger partial charge in [0.1, 0.15) is 11.1 Å². The van der Waals surface area contributed by atoms with Crippen LogP contribution in [-0.4, -0.2) is 54.4 Å². The molecule has 0 aliphatic carbocycles. The molecule has 0 radical (unpaired) electrons. The van der Waals surface area contributed by atoms with E-state index < -0.39 is 17.6 Å². The molecule has 0 saturated carbocycles. The number of nitrogens with zero attached hydrogens (tertiary/aromatic N) is 3. The number of fused-ring (bicyclic) bond motifs is 3. The highest BCUT2D eigenvalue weighted by Crippen LogP contribution is 2.42. The average molecular weight is 445 g/mol. The molecule has 2 saturated heterocycles. The van der Waals surface area contributed by atoms with Gasteiger partial charge in [-0.25, -0.2) is 9.48 Å². The highest BCUT2D eigenvalue weighted by atomic mass is 16.4. The largest absolute Gasteiger partial charge is 0.505 e. The van der Waals surface area contributed by atoms with Crippen LogP contribution in [0.25, 0.3) is 5.52 Å². The molecular weight excluding hydrogens is 412 g/mol. The number of piperidine rings is 1. The molecule has 2 fully saturated rings. The molecule has 2 amide bonds. The smallest absolute Gasteiger partial charge is 0.407 e. The van der Waals surface area contributed by atoms with E-state index in [1.807, 2.05) is 13.8 Å². The van der Waals surface area contributed by atoms with Crippen LogP contribution in [0.2, 0.25) is 0 Å². The first-order chi connectivity index (χ1) is 15.2. The minimum absolute atomic E-state index is 0.128. The van der Waals surface area contributed by atoms with Crippen molar-refractivity contribution in [2.24, 2.45) is 5.92 Å². The molecule has 9 heteroatoms. The number of rotatable bonds is 6. The number of hydrogen-bond acceptors (Lipinski definition) is 4. The lowest BCUT2D eigenvalue weighted by molar-refractivity contribution is 0.0770. The Kier molecular flexibility index (Phi) is 5.92. The predicted molar refractivity (Wildman–Crippen MR) is 119 cm³/mol. The van der Waals surface area contributed by atoms with Crippen LogP contribution in [0.5, 0.6) is 5.75 Å². The maximum Gasteiger partial charge on any atom is 0.407 e. The first-order valence-electron chi connectivity index (χ1n) is 11.5. The highest BCUT2D eigenvalue weighted by molar-refractivity contribution is 5.98. The lowest BCUT2D eigenvalue weighted by Gasteiger charge is -2.38. The van der Waals surface area contributed by atoms with Crippen molar-refractivity contribution < 1.29 is 19.8 Å². The minimum Gasteiger partial charge on any atom is -0.505 e. The van der Waals surface area contributed by atoms with Gasteiger partial charge in [0.15, 0.2) is 5.75 Å². The molecule has 2 bridgehead atoms. The Morgan fingerprint density at radius 3 is 2.66 bits per heavy atom. The lowest BCUT2D eigenvalue weighted by atomic mass is 9.91. The third kappa shape index (κ3) is 3.63. The standard InChI is InChI=1S/C23H32N4O5/c1-4-5-7-14-10-16-11-15(12-18(14)26(16)23(31)32)24-21(29)19-20(28)17-8-6-9-25(17)27(13(2)3)22(19)30/h6,8-9,13-16,18,28H,4-5,7,10-12H2,1-3H3,(H,24,29)(H,31,32). The number of amides is 2. The van der Waals surface area contributed by atoms with Gasteiger partial charge in [-0.2, -0.15) is 0 Å². The number of nitrogens with one attached hydrogen (secondary N) is 1. The summed E-state index contributed by atoms with van der Waals surface area (Å²) in [6, 6.07) is 2.66. The average Bonchev–Trinajstić information content (AvgIpc) is 3.27. The van der Waals surface area contributed by atoms with Gasteiger partial charge in [-0.3, -0.25) is 14.1 Å². The van der Waals surface area contributed by atoms with E-state index in [-0.39, 0.29) is 35.5 Å². The zero-order chi connectivity index (χ0) is 23.2. The van der Waals surface area contributed by atoms with E-state index >= 15 is 0 Å². The number of hydrogen-bond donors (Lipinski definition) is 3. The molecule has 4 atom stereocenters. The predicted octanol–water partition coefficient (Wildman–Crippen LogP) is 3.21. The maximum absolute atomic E-state index is 13.2. The van der Waals surface area contributed by atoms with Crippen LogP contribution in [0.1, 0.15) is 75.7 Å². The van der Waals surface area contributed by atoms with Crippen LogP contribution in [0.3, 0.4) is 0 Å². The fourth-order valence-electron chi connectivity index (χ4n) is 5.68. The third-order valence-corrected chi connectivity index (χ3v) is 7.01. The Morgan fingerprint density at radius 1 is 1.25 bits per heavy atom. The van der Waals surface area contributed by atoms with Gasteiger partial charge in [-0.15, -0.1) is 0 Å². The van der Waals surface area contributed by atoms with Gasteiger partial charge >= 0.3 is 6.09 Å². The van der Waals surface area contributed by atoms with Crippen molar-refractivity contribution in [1.82, 2.24) is 19.4 Å². The molecule has 4 rings (SSSR count). The first-order valence-corrected chi connectivity index (χ1v) is 11.5. The summed E-state index contributed by atoms with van der Waals surface area (Å²) in [5.74, 6) is -0.647. The summed E-state index contributed by atoms with van der Waals surface area (Å²) in [5.41, 5.74) is -0.422. The van der Waals surface area contributed by atoms with Gasteiger partial charge in [-0.1, -0.05) is 19.8 Å². The summed E-state index contributed by atoms with van der Waals surface area (Å²) in [4.78, 5) is 39.7. The number of carbonyl (C=O) groups excluding carboxylic acids is 1. The molecule has 2 aromatic rings. The Hall–Kier alpha value is -2.97. The van der Waals surface area contributed by atoms with Gasteiger partial charge in [0, 0.05) is 30.4 Å². The van der Waals surface area contributed by atoms with Crippen molar-refractivity contribution in [1.29, 1.82) is 0 Å². The molecule has 4 heterocycles. The van der Waals surface area contributed by atoms with Crippen molar-refractivity contribution in [3.63, 3.8) is 0 Å². The maximum atomic E-state index is 13.2. The second-order valence-corrected chi connectivity index (χ2v) is 9.40. The van der Waals surface area contributed by atoms with E-state index in [1.54, 1.807) is 27.7 Å². The number of aromatic nitrogens is 2. The fourth-order valence-corrected chi connectivity index (χ4v) is 5.68. The van der Waals surface area contributed by atoms with E-state index in [0.29, 0.717) is 24.3 Å². The summed E-state index contributed by atoms with van der Waals surface area (Å²) in [6.07, 6.45) is 5.72. The van der Waals surface area contributed by atoms with Crippen LogP contribution in [0.4, 0.5) is 4.79 Å².